The molecular weight excluding hydrogens is 502 g/mol. The van der Waals surface area contributed by atoms with Gasteiger partial charge >= 0.3 is 0 Å². The molecule has 3 aromatic rings. The second-order valence-electron chi connectivity index (χ2n) is 15.8. The Morgan fingerprint density at radius 2 is 0.927 bits per heavy atom. The van der Waals surface area contributed by atoms with Crippen molar-refractivity contribution in [1.29, 1.82) is 0 Å². The predicted molar refractivity (Wildman–Crippen MR) is 176 cm³/mol. The summed E-state index contributed by atoms with van der Waals surface area (Å²) in [4.78, 5) is 4.93. The monoisotopic (exact) mass is 555 g/mol. The van der Waals surface area contributed by atoms with Gasteiger partial charge in [0.1, 0.15) is 11.4 Å². The summed E-state index contributed by atoms with van der Waals surface area (Å²) in [6.45, 7) is 28.0. The molecule has 41 heavy (non-hydrogen) atoms. The van der Waals surface area contributed by atoms with Gasteiger partial charge in [-0.25, -0.2) is 0 Å². The molecule has 3 aromatic carbocycles. The lowest BCUT2D eigenvalue weighted by atomic mass is 9.77. The van der Waals surface area contributed by atoms with Crippen LogP contribution in [0.1, 0.15) is 129 Å². The van der Waals surface area contributed by atoms with Crippen molar-refractivity contribution in [2.24, 2.45) is 4.99 Å². The Kier molecular flexibility index (Phi) is 8.79. The van der Waals surface area contributed by atoms with Gasteiger partial charge in [-0.3, -0.25) is 4.99 Å². The van der Waals surface area contributed by atoms with Gasteiger partial charge in [0.2, 0.25) is 0 Å². The summed E-state index contributed by atoms with van der Waals surface area (Å²) < 4.78 is 0. The van der Waals surface area contributed by atoms with Gasteiger partial charge < -0.3 is 10.2 Å². The van der Waals surface area contributed by atoms with Crippen LogP contribution in [-0.4, -0.2) is 22.5 Å². The van der Waals surface area contributed by atoms with Gasteiger partial charge in [0.25, 0.3) is 0 Å². The molecule has 3 rings (SSSR count). The summed E-state index contributed by atoms with van der Waals surface area (Å²) in [6, 6.07) is 20.1. The Morgan fingerprint density at radius 1 is 0.561 bits per heavy atom. The van der Waals surface area contributed by atoms with Gasteiger partial charge in [0.05, 0.1) is 6.04 Å². The highest BCUT2D eigenvalue weighted by Crippen LogP contribution is 2.39. The van der Waals surface area contributed by atoms with Crippen molar-refractivity contribution in [3.05, 3.63) is 99.6 Å². The average molecular weight is 556 g/mol. The Labute approximate surface area is 249 Å². The van der Waals surface area contributed by atoms with Crippen molar-refractivity contribution in [1.82, 2.24) is 0 Å². The Balaban J connectivity index is 2.17. The Morgan fingerprint density at radius 3 is 1.27 bits per heavy atom. The summed E-state index contributed by atoms with van der Waals surface area (Å²) in [6.07, 6.45) is 1.74. The van der Waals surface area contributed by atoms with Crippen molar-refractivity contribution in [3.8, 4) is 5.75 Å². The van der Waals surface area contributed by atoms with E-state index in [0.717, 1.165) is 22.3 Å². The number of phenols is 1. The van der Waals surface area contributed by atoms with Crippen LogP contribution in [0, 0.1) is 0 Å². The molecule has 2 N–H and O–H groups in total. The van der Waals surface area contributed by atoms with Crippen LogP contribution in [0.15, 0.2) is 65.7 Å². The van der Waals surface area contributed by atoms with Crippen LogP contribution in [0.3, 0.4) is 0 Å². The SMILES string of the molecule is C[C@H](N=Cc1cc(C(C)(C)C)cc(C(C)(C)C)c1O)C(O)(c1ccc(C(C)(C)C)cc1)c1ccc(C(C)(C)C)cc1. The molecule has 0 saturated heterocycles. The van der Waals surface area contributed by atoms with Gasteiger partial charge in [-0.05, 0) is 62.5 Å². The molecule has 3 nitrogen and oxygen atoms in total. The van der Waals surface area contributed by atoms with Gasteiger partial charge in [-0.15, -0.1) is 0 Å². The molecule has 0 bridgehead atoms. The third-order valence-electron chi connectivity index (χ3n) is 8.24. The van der Waals surface area contributed by atoms with E-state index in [9.17, 15) is 10.2 Å². The molecule has 0 unspecified atom stereocenters. The van der Waals surface area contributed by atoms with Crippen LogP contribution in [0.25, 0.3) is 0 Å². The molecule has 3 heteroatoms. The first kappa shape index (κ1) is 32.6. The average Bonchev–Trinajstić information content (AvgIpc) is 2.85. The first-order valence-corrected chi connectivity index (χ1v) is 14.9. The predicted octanol–water partition coefficient (Wildman–Crippen LogP) is 9.33. The van der Waals surface area contributed by atoms with Crippen molar-refractivity contribution in [2.75, 3.05) is 0 Å². The van der Waals surface area contributed by atoms with E-state index in [-0.39, 0.29) is 27.4 Å². The van der Waals surface area contributed by atoms with E-state index in [4.69, 9.17) is 4.99 Å². The maximum atomic E-state index is 12.5. The van der Waals surface area contributed by atoms with E-state index in [0.29, 0.717) is 5.56 Å². The third kappa shape index (κ3) is 7.12. The molecule has 0 aliphatic rings. The molecule has 0 radical (unpaired) electrons. The molecule has 0 spiro atoms. The lowest BCUT2D eigenvalue weighted by Gasteiger charge is -2.34. The largest absolute Gasteiger partial charge is 0.507 e. The lowest BCUT2D eigenvalue weighted by molar-refractivity contribution is 0.0588. The number of hydrogen-bond acceptors (Lipinski definition) is 3. The number of aliphatic hydroxyl groups is 1. The van der Waals surface area contributed by atoms with Crippen LogP contribution in [0.5, 0.6) is 5.75 Å². The first-order valence-electron chi connectivity index (χ1n) is 14.9. The highest BCUT2D eigenvalue weighted by Gasteiger charge is 2.38. The van der Waals surface area contributed by atoms with Crippen molar-refractivity contribution >= 4 is 6.21 Å². The maximum absolute atomic E-state index is 12.5. The highest BCUT2D eigenvalue weighted by molar-refractivity contribution is 5.85. The maximum Gasteiger partial charge on any atom is 0.137 e. The topological polar surface area (TPSA) is 52.8 Å². The molecule has 0 aliphatic carbocycles. The summed E-state index contributed by atoms with van der Waals surface area (Å²) in [7, 11) is 0. The quantitative estimate of drug-likeness (QED) is 0.308. The van der Waals surface area contributed by atoms with Crippen LogP contribution >= 0.6 is 0 Å². The second-order valence-corrected chi connectivity index (χ2v) is 15.8. The van der Waals surface area contributed by atoms with E-state index in [1.807, 2.05) is 37.3 Å². The van der Waals surface area contributed by atoms with Crippen molar-refractivity contribution in [3.63, 3.8) is 0 Å². The first-order chi connectivity index (χ1) is 18.6. The number of rotatable bonds is 5. The van der Waals surface area contributed by atoms with Gasteiger partial charge in [0.15, 0.2) is 0 Å². The minimum Gasteiger partial charge on any atom is -0.507 e. The highest BCUT2D eigenvalue weighted by atomic mass is 16.3. The van der Waals surface area contributed by atoms with Gasteiger partial charge in [0, 0.05) is 17.3 Å². The molecule has 222 valence electrons. The van der Waals surface area contributed by atoms with E-state index in [2.05, 4.69) is 113 Å². The van der Waals surface area contributed by atoms with Crippen molar-refractivity contribution < 1.29 is 10.2 Å². The fourth-order valence-electron chi connectivity index (χ4n) is 5.16. The number of aromatic hydroxyl groups is 1. The Bertz CT molecular complexity index is 1310. The van der Waals surface area contributed by atoms with E-state index in [1.165, 1.54) is 11.1 Å². The summed E-state index contributed by atoms with van der Waals surface area (Å²) in [5.41, 5.74) is 5.03. The minimum atomic E-state index is -1.37. The zero-order chi connectivity index (χ0) is 31.2. The zero-order valence-electron chi connectivity index (χ0n) is 27.8. The molecule has 0 aromatic heterocycles. The molecular formula is C38H53NO2. The summed E-state index contributed by atoms with van der Waals surface area (Å²) >= 11 is 0. The van der Waals surface area contributed by atoms with E-state index in [1.54, 1.807) is 6.21 Å². The normalized spacial score (nSPS) is 14.5. The molecule has 1 atom stereocenters. The smallest absolute Gasteiger partial charge is 0.137 e. The molecule has 0 heterocycles. The third-order valence-corrected chi connectivity index (χ3v) is 8.24. The fraction of sp³-hybridized carbons (Fsp3) is 0.500. The number of aliphatic imine (C=N–C) groups is 1. The molecule has 0 amide bonds. The number of nitrogens with zero attached hydrogens (tertiary/aromatic N) is 1. The van der Waals surface area contributed by atoms with E-state index < -0.39 is 11.6 Å². The standard InChI is InChI=1S/C38H53NO2/c1-25(39-24-26-22-31(36(8,9)10)23-32(33(26)40)37(11,12)13)38(41,29-18-14-27(15-19-29)34(2,3)4)30-20-16-28(17-21-30)35(5,6)7/h14-25,40-41H,1-13H3/t25-/m0/s1. The summed E-state index contributed by atoms with van der Waals surface area (Å²) in [5, 5.41) is 23.9. The summed E-state index contributed by atoms with van der Waals surface area (Å²) in [5.74, 6) is 0.244. The van der Waals surface area contributed by atoms with Crippen LogP contribution in [0.2, 0.25) is 0 Å². The van der Waals surface area contributed by atoms with Crippen LogP contribution in [0.4, 0.5) is 0 Å². The number of phenolic OH excluding ortho intramolecular Hbond substituents is 1. The van der Waals surface area contributed by atoms with Gasteiger partial charge in [-0.1, -0.05) is 138 Å². The van der Waals surface area contributed by atoms with Gasteiger partial charge in [-0.2, -0.15) is 0 Å². The molecule has 0 aliphatic heterocycles. The van der Waals surface area contributed by atoms with Crippen molar-refractivity contribution in [2.45, 2.75) is 123 Å². The fourth-order valence-corrected chi connectivity index (χ4v) is 5.16. The lowest BCUT2D eigenvalue weighted by Crippen LogP contribution is -2.38. The van der Waals surface area contributed by atoms with Crippen LogP contribution in [-0.2, 0) is 27.3 Å². The van der Waals surface area contributed by atoms with Crippen LogP contribution < -0.4 is 0 Å². The number of benzene rings is 3. The van der Waals surface area contributed by atoms with E-state index >= 15 is 0 Å². The second kappa shape index (κ2) is 11.1. The molecule has 0 saturated carbocycles. The number of hydrogen-bond donors (Lipinski definition) is 2. The molecule has 0 fully saturated rings. The minimum absolute atomic E-state index is 0.00906. The Hall–Kier alpha value is -2.91. The zero-order valence-corrected chi connectivity index (χ0v) is 27.8.